The smallest absolute Gasteiger partial charge is 0.252 e. The third-order valence-electron chi connectivity index (χ3n) is 2.66. The first-order valence-corrected chi connectivity index (χ1v) is 6.27. The maximum Gasteiger partial charge on any atom is 0.252 e. The maximum atomic E-state index is 13.3. The van der Waals surface area contributed by atoms with Crippen LogP contribution < -0.4 is 5.32 Å². The van der Waals surface area contributed by atoms with Gasteiger partial charge in [-0.3, -0.25) is 4.79 Å². The Morgan fingerprint density at radius 2 is 2.30 bits per heavy atom. The molecule has 0 saturated heterocycles. The van der Waals surface area contributed by atoms with Crippen molar-refractivity contribution in [3.05, 3.63) is 35.1 Å². The predicted molar refractivity (Wildman–Crippen MR) is 73.8 cm³/mol. The van der Waals surface area contributed by atoms with E-state index in [1.54, 1.807) is 7.11 Å². The monoisotopic (exact) mass is 279 g/mol. The normalized spacial score (nSPS) is 11.4. The number of hydrogen-bond acceptors (Lipinski definition) is 3. The van der Waals surface area contributed by atoms with Gasteiger partial charge in [0.05, 0.1) is 5.56 Å². The minimum absolute atomic E-state index is 0.0932. The van der Waals surface area contributed by atoms with Gasteiger partial charge in [0, 0.05) is 25.3 Å². The molecule has 20 heavy (non-hydrogen) atoms. The Balaban J connectivity index is 2.88. The second-order valence-electron chi connectivity index (χ2n) is 4.31. The van der Waals surface area contributed by atoms with Gasteiger partial charge in [0.25, 0.3) is 5.91 Å². The largest absolute Gasteiger partial charge is 0.385 e. The van der Waals surface area contributed by atoms with Crippen LogP contribution >= 0.6 is 0 Å². The fourth-order valence-corrected chi connectivity index (χ4v) is 1.62. The molecule has 0 aromatic heterocycles. The number of amides is 1. The Labute approximate surface area is 117 Å². The van der Waals surface area contributed by atoms with E-state index in [9.17, 15) is 9.18 Å². The van der Waals surface area contributed by atoms with Gasteiger partial charge in [-0.1, -0.05) is 11.8 Å². The van der Waals surface area contributed by atoms with Gasteiger partial charge in [0.15, 0.2) is 0 Å². The Morgan fingerprint density at radius 1 is 1.55 bits per heavy atom. The van der Waals surface area contributed by atoms with Gasteiger partial charge in [-0.15, -0.1) is 0 Å². The van der Waals surface area contributed by atoms with Crippen LogP contribution in [-0.2, 0) is 4.74 Å². The van der Waals surface area contributed by atoms with Gasteiger partial charge in [-0.25, -0.2) is 4.39 Å². The number of carbonyl (C=O) groups excluding carboxylic acids is 1. The fourth-order valence-electron chi connectivity index (χ4n) is 1.62. The molecule has 0 fully saturated rings. The summed E-state index contributed by atoms with van der Waals surface area (Å²) in [5.41, 5.74) is 0.548. The molecule has 1 unspecified atom stereocenters. The minimum atomic E-state index is -0.505. The Kier molecular flexibility index (Phi) is 6.71. The topological polar surface area (TPSA) is 58.6 Å². The number of nitrogens with one attached hydrogen (secondary N) is 1. The summed E-state index contributed by atoms with van der Waals surface area (Å²) in [5.74, 6) is 4.19. The Bertz CT molecular complexity index is 520. The Morgan fingerprint density at radius 3 is 2.95 bits per heavy atom. The van der Waals surface area contributed by atoms with E-state index >= 15 is 0 Å². The molecule has 0 bridgehead atoms. The maximum absolute atomic E-state index is 13.3. The molecule has 0 saturated carbocycles. The van der Waals surface area contributed by atoms with Crippen molar-refractivity contribution in [3.8, 4) is 11.8 Å². The second kappa shape index (κ2) is 8.31. The van der Waals surface area contributed by atoms with Crippen molar-refractivity contribution < 1.29 is 19.0 Å². The standard InChI is InChI=1S/C15H18FNO3/c1-11(7-9-20-2)17-15(19)14-10-13(16)6-5-12(14)4-3-8-18/h5-6,10-11,18H,7-9H2,1-2H3,(H,17,19). The van der Waals surface area contributed by atoms with Gasteiger partial charge in [0.1, 0.15) is 12.4 Å². The number of benzene rings is 1. The zero-order valence-electron chi connectivity index (χ0n) is 11.6. The van der Waals surface area contributed by atoms with Crippen molar-refractivity contribution in [1.29, 1.82) is 0 Å². The van der Waals surface area contributed by atoms with Crippen LogP contribution in [0.25, 0.3) is 0 Å². The van der Waals surface area contributed by atoms with Gasteiger partial charge in [-0.05, 0) is 31.5 Å². The first kappa shape index (κ1) is 16.2. The van der Waals surface area contributed by atoms with Crippen LogP contribution in [-0.4, -0.2) is 37.4 Å². The minimum Gasteiger partial charge on any atom is -0.385 e. The molecule has 5 heteroatoms. The van der Waals surface area contributed by atoms with Crippen molar-refractivity contribution in [3.63, 3.8) is 0 Å². The van der Waals surface area contributed by atoms with E-state index in [1.807, 2.05) is 6.92 Å². The van der Waals surface area contributed by atoms with E-state index in [0.717, 1.165) is 6.07 Å². The third-order valence-corrected chi connectivity index (χ3v) is 2.66. The van der Waals surface area contributed by atoms with Crippen LogP contribution in [0.5, 0.6) is 0 Å². The van der Waals surface area contributed by atoms with Gasteiger partial charge in [0.2, 0.25) is 0 Å². The number of halogens is 1. The molecule has 1 rings (SSSR count). The predicted octanol–water partition coefficient (Wildman–Crippen LogP) is 1.32. The van der Waals surface area contributed by atoms with Crippen LogP contribution in [0, 0.1) is 17.7 Å². The van der Waals surface area contributed by atoms with Crippen molar-refractivity contribution in [1.82, 2.24) is 5.32 Å². The summed E-state index contributed by atoms with van der Waals surface area (Å²) in [7, 11) is 1.59. The molecule has 108 valence electrons. The lowest BCUT2D eigenvalue weighted by atomic mass is 10.1. The van der Waals surface area contributed by atoms with Gasteiger partial charge >= 0.3 is 0 Å². The summed E-state index contributed by atoms with van der Waals surface area (Å²) in [5, 5.41) is 11.5. The highest BCUT2D eigenvalue weighted by Gasteiger charge is 2.14. The van der Waals surface area contributed by atoms with Crippen molar-refractivity contribution in [2.45, 2.75) is 19.4 Å². The molecule has 0 aliphatic heterocycles. The highest BCUT2D eigenvalue weighted by Crippen LogP contribution is 2.11. The molecule has 0 aliphatic rings. The average Bonchev–Trinajstić information content (AvgIpc) is 2.43. The number of methoxy groups -OCH3 is 1. The first-order valence-electron chi connectivity index (χ1n) is 6.27. The van der Waals surface area contributed by atoms with Crippen LogP contribution in [0.15, 0.2) is 18.2 Å². The summed E-state index contributed by atoms with van der Waals surface area (Å²) < 4.78 is 18.2. The van der Waals surface area contributed by atoms with E-state index in [1.165, 1.54) is 12.1 Å². The highest BCUT2D eigenvalue weighted by atomic mass is 19.1. The number of carbonyl (C=O) groups is 1. The van der Waals surface area contributed by atoms with Crippen LogP contribution in [0.1, 0.15) is 29.3 Å². The van der Waals surface area contributed by atoms with Gasteiger partial charge < -0.3 is 15.2 Å². The molecule has 1 atom stereocenters. The SMILES string of the molecule is COCCC(C)NC(=O)c1cc(F)ccc1C#CCO. The van der Waals surface area contributed by atoms with Gasteiger partial charge in [-0.2, -0.15) is 0 Å². The number of aliphatic hydroxyl groups excluding tert-OH is 1. The molecular weight excluding hydrogens is 261 g/mol. The molecule has 0 heterocycles. The van der Waals surface area contributed by atoms with Crippen molar-refractivity contribution in [2.75, 3.05) is 20.3 Å². The van der Waals surface area contributed by atoms with E-state index in [-0.39, 0.29) is 18.2 Å². The molecule has 1 amide bonds. The fraction of sp³-hybridized carbons (Fsp3) is 0.400. The highest BCUT2D eigenvalue weighted by molar-refractivity contribution is 5.96. The van der Waals surface area contributed by atoms with Crippen LogP contribution in [0.3, 0.4) is 0 Å². The second-order valence-corrected chi connectivity index (χ2v) is 4.31. The lowest BCUT2D eigenvalue weighted by molar-refractivity contribution is 0.0929. The van der Waals surface area contributed by atoms with Crippen molar-refractivity contribution >= 4 is 5.91 Å². The van der Waals surface area contributed by atoms with E-state index < -0.39 is 11.7 Å². The quantitative estimate of drug-likeness (QED) is 0.799. The zero-order valence-corrected chi connectivity index (χ0v) is 11.6. The first-order chi connectivity index (χ1) is 9.58. The summed E-state index contributed by atoms with van der Waals surface area (Å²) in [6.07, 6.45) is 0.662. The van der Waals surface area contributed by atoms with Crippen LogP contribution in [0.4, 0.5) is 4.39 Å². The molecule has 1 aromatic rings. The zero-order chi connectivity index (χ0) is 15.0. The van der Waals surface area contributed by atoms with E-state index in [2.05, 4.69) is 17.2 Å². The molecule has 0 radical (unpaired) electrons. The lowest BCUT2D eigenvalue weighted by Crippen LogP contribution is -2.33. The third kappa shape index (κ3) is 5.00. The Hall–Kier alpha value is -1.90. The van der Waals surface area contributed by atoms with E-state index in [0.29, 0.717) is 18.6 Å². The average molecular weight is 279 g/mol. The molecule has 0 aliphatic carbocycles. The lowest BCUT2D eigenvalue weighted by Gasteiger charge is -2.14. The van der Waals surface area contributed by atoms with Crippen molar-refractivity contribution in [2.24, 2.45) is 0 Å². The summed E-state index contributed by atoms with van der Waals surface area (Å²) in [4.78, 5) is 12.1. The molecule has 4 nitrogen and oxygen atoms in total. The van der Waals surface area contributed by atoms with E-state index in [4.69, 9.17) is 9.84 Å². The number of hydrogen-bond donors (Lipinski definition) is 2. The number of aliphatic hydroxyl groups is 1. The van der Waals surface area contributed by atoms with Crippen LogP contribution in [0.2, 0.25) is 0 Å². The summed E-state index contributed by atoms with van der Waals surface area (Å²) >= 11 is 0. The molecular formula is C15H18FNO3. The molecule has 2 N–H and O–H groups in total. The molecule has 0 spiro atoms. The summed E-state index contributed by atoms with van der Waals surface area (Å²) in [6, 6.07) is 3.70. The number of ether oxygens (including phenoxy) is 1. The summed E-state index contributed by atoms with van der Waals surface area (Å²) in [6.45, 7) is 2.06. The molecule has 1 aromatic carbocycles. The number of rotatable bonds is 5.